The van der Waals surface area contributed by atoms with Crippen molar-refractivity contribution >= 4 is 29.4 Å². The van der Waals surface area contributed by atoms with Gasteiger partial charge in [0, 0.05) is 5.02 Å². The predicted octanol–water partition coefficient (Wildman–Crippen LogP) is 1.97. The monoisotopic (exact) mass is 371 g/mol. The normalized spacial score (nSPS) is 11.6. The van der Waals surface area contributed by atoms with E-state index >= 15 is 0 Å². The third-order valence-electron chi connectivity index (χ3n) is 3.06. The lowest BCUT2D eigenvalue weighted by molar-refractivity contribution is -0.151. The Balaban J connectivity index is 2.37. The largest absolute Gasteiger partial charge is 0.482 e. The van der Waals surface area contributed by atoms with Crippen molar-refractivity contribution in [2.75, 3.05) is 20.3 Å². The lowest BCUT2D eigenvalue weighted by atomic mass is 10.0. The minimum Gasteiger partial charge on any atom is -0.482 e. The van der Waals surface area contributed by atoms with Crippen molar-refractivity contribution in [3.8, 4) is 5.75 Å². The van der Waals surface area contributed by atoms with Crippen molar-refractivity contribution in [1.29, 1.82) is 0 Å². The highest BCUT2D eigenvalue weighted by molar-refractivity contribution is 6.30. The number of esters is 2. The van der Waals surface area contributed by atoms with Crippen LogP contribution in [0.4, 0.5) is 0 Å². The Kier molecular flexibility index (Phi) is 8.77. The first-order valence-corrected chi connectivity index (χ1v) is 8.10. The molecule has 0 saturated heterocycles. The first-order valence-electron chi connectivity index (χ1n) is 7.73. The molecule has 0 aliphatic rings. The lowest BCUT2D eigenvalue weighted by Gasteiger charge is -2.18. The number of halogens is 1. The third-order valence-corrected chi connectivity index (χ3v) is 3.31. The second-order valence-electron chi connectivity index (χ2n) is 5.68. The fourth-order valence-electron chi connectivity index (χ4n) is 1.92. The summed E-state index contributed by atoms with van der Waals surface area (Å²) in [6, 6.07) is 5.68. The van der Waals surface area contributed by atoms with Crippen LogP contribution in [-0.2, 0) is 23.9 Å². The summed E-state index contributed by atoms with van der Waals surface area (Å²) in [7, 11) is 1.25. The zero-order chi connectivity index (χ0) is 18.8. The molecular formula is C17H22ClNO6. The van der Waals surface area contributed by atoms with E-state index in [-0.39, 0.29) is 12.5 Å². The maximum absolute atomic E-state index is 11.8. The summed E-state index contributed by atoms with van der Waals surface area (Å²) in [6.45, 7) is 2.97. The molecule has 0 heterocycles. The smallest absolute Gasteiger partial charge is 0.344 e. The second kappa shape index (κ2) is 10.6. The number of nitrogens with one attached hydrogen (secondary N) is 1. The second-order valence-corrected chi connectivity index (χ2v) is 6.11. The third kappa shape index (κ3) is 8.39. The number of carbonyl (C=O) groups excluding carboxylic acids is 3. The molecule has 1 atom stereocenters. The Bertz CT molecular complexity index is 587. The first-order chi connectivity index (χ1) is 11.8. The summed E-state index contributed by atoms with van der Waals surface area (Å²) in [6.07, 6.45) is 0.423. The Morgan fingerprint density at radius 1 is 1.12 bits per heavy atom. The van der Waals surface area contributed by atoms with Crippen molar-refractivity contribution < 1.29 is 28.6 Å². The summed E-state index contributed by atoms with van der Waals surface area (Å²) < 4.78 is 14.7. The van der Waals surface area contributed by atoms with Crippen LogP contribution in [0.1, 0.15) is 20.3 Å². The molecule has 1 amide bonds. The maximum atomic E-state index is 11.8. The number of amides is 1. The quantitative estimate of drug-likeness (QED) is 0.667. The highest BCUT2D eigenvalue weighted by Gasteiger charge is 2.23. The summed E-state index contributed by atoms with van der Waals surface area (Å²) in [5.74, 6) is -1.20. The molecule has 1 rings (SSSR count). The molecule has 1 aromatic rings. The number of rotatable bonds is 9. The molecule has 0 spiro atoms. The fraction of sp³-hybridized carbons (Fsp3) is 0.471. The zero-order valence-corrected chi connectivity index (χ0v) is 15.2. The van der Waals surface area contributed by atoms with Crippen molar-refractivity contribution in [3.05, 3.63) is 29.3 Å². The summed E-state index contributed by atoms with van der Waals surface area (Å²) >= 11 is 5.74. The van der Waals surface area contributed by atoms with E-state index in [2.05, 4.69) is 10.1 Å². The van der Waals surface area contributed by atoms with Crippen molar-refractivity contribution in [2.45, 2.75) is 26.3 Å². The van der Waals surface area contributed by atoms with E-state index in [4.69, 9.17) is 21.1 Å². The zero-order valence-electron chi connectivity index (χ0n) is 14.4. The number of methoxy groups -OCH3 is 1. The van der Waals surface area contributed by atoms with Crippen LogP contribution in [0, 0.1) is 5.92 Å². The van der Waals surface area contributed by atoms with Crippen LogP contribution >= 0.6 is 11.6 Å². The molecule has 8 heteroatoms. The number of benzene rings is 1. The van der Waals surface area contributed by atoms with Crippen LogP contribution in [0.5, 0.6) is 5.75 Å². The van der Waals surface area contributed by atoms with Crippen LogP contribution in [0.3, 0.4) is 0 Å². The van der Waals surface area contributed by atoms with Gasteiger partial charge in [0.25, 0.3) is 5.91 Å². The summed E-state index contributed by atoms with van der Waals surface area (Å²) in [5.41, 5.74) is 0. The van der Waals surface area contributed by atoms with Crippen LogP contribution < -0.4 is 10.1 Å². The SMILES string of the molecule is COC(=O)[C@@H](CC(C)C)NC(=O)COC(=O)COc1ccc(Cl)cc1. The van der Waals surface area contributed by atoms with Crippen molar-refractivity contribution in [2.24, 2.45) is 5.92 Å². The molecule has 1 aromatic carbocycles. The van der Waals surface area contributed by atoms with Gasteiger partial charge in [-0.05, 0) is 36.6 Å². The molecule has 7 nitrogen and oxygen atoms in total. The van der Waals surface area contributed by atoms with Crippen LogP contribution in [-0.4, -0.2) is 44.2 Å². The van der Waals surface area contributed by atoms with E-state index in [1.165, 1.54) is 7.11 Å². The van der Waals surface area contributed by atoms with Gasteiger partial charge in [0.2, 0.25) is 0 Å². The van der Waals surface area contributed by atoms with Gasteiger partial charge < -0.3 is 19.5 Å². The minimum atomic E-state index is -0.776. The van der Waals surface area contributed by atoms with E-state index in [0.717, 1.165) is 0 Å². The first kappa shape index (κ1) is 20.8. The van der Waals surface area contributed by atoms with Gasteiger partial charge in [-0.3, -0.25) is 4.79 Å². The molecule has 0 aliphatic heterocycles. The van der Waals surface area contributed by atoms with Gasteiger partial charge in [-0.15, -0.1) is 0 Å². The van der Waals surface area contributed by atoms with Gasteiger partial charge in [-0.1, -0.05) is 25.4 Å². The number of ether oxygens (including phenoxy) is 3. The molecule has 0 aliphatic carbocycles. The van der Waals surface area contributed by atoms with Gasteiger partial charge in [-0.25, -0.2) is 9.59 Å². The van der Waals surface area contributed by atoms with Crippen LogP contribution in [0.2, 0.25) is 5.02 Å². The molecule has 0 saturated carbocycles. The van der Waals surface area contributed by atoms with E-state index < -0.39 is 30.5 Å². The summed E-state index contributed by atoms with van der Waals surface area (Å²) in [4.78, 5) is 35.0. The Morgan fingerprint density at radius 2 is 1.76 bits per heavy atom. The van der Waals surface area contributed by atoms with Gasteiger partial charge in [0.15, 0.2) is 13.2 Å². The van der Waals surface area contributed by atoms with Gasteiger partial charge >= 0.3 is 11.9 Å². The van der Waals surface area contributed by atoms with Crippen LogP contribution in [0.25, 0.3) is 0 Å². The lowest BCUT2D eigenvalue weighted by Crippen LogP contribution is -2.44. The molecule has 0 fully saturated rings. The maximum Gasteiger partial charge on any atom is 0.344 e. The summed E-state index contributed by atoms with van der Waals surface area (Å²) in [5, 5.41) is 3.04. The highest BCUT2D eigenvalue weighted by Crippen LogP contribution is 2.15. The van der Waals surface area contributed by atoms with Gasteiger partial charge in [-0.2, -0.15) is 0 Å². The minimum absolute atomic E-state index is 0.180. The topological polar surface area (TPSA) is 90.9 Å². The van der Waals surface area contributed by atoms with E-state index in [1.54, 1.807) is 24.3 Å². The molecule has 1 N–H and O–H groups in total. The molecule has 25 heavy (non-hydrogen) atoms. The highest BCUT2D eigenvalue weighted by atomic mass is 35.5. The molecular weight excluding hydrogens is 350 g/mol. The average Bonchev–Trinajstić information content (AvgIpc) is 2.57. The molecule has 0 bridgehead atoms. The van der Waals surface area contributed by atoms with Gasteiger partial charge in [0.05, 0.1) is 7.11 Å². The molecule has 0 aromatic heterocycles. The van der Waals surface area contributed by atoms with Crippen molar-refractivity contribution in [1.82, 2.24) is 5.32 Å². The molecule has 0 unspecified atom stereocenters. The standard InChI is InChI=1S/C17H22ClNO6/c1-11(2)8-14(17(22)23-3)19-15(20)9-25-16(21)10-24-13-6-4-12(18)5-7-13/h4-7,11,14H,8-10H2,1-3H3,(H,19,20)/t14-/m1/s1. The van der Waals surface area contributed by atoms with E-state index in [9.17, 15) is 14.4 Å². The number of hydrogen-bond donors (Lipinski definition) is 1. The number of carbonyl (C=O) groups is 3. The average molecular weight is 372 g/mol. The van der Waals surface area contributed by atoms with E-state index in [1.807, 2.05) is 13.8 Å². The predicted molar refractivity (Wildman–Crippen MR) is 91.3 cm³/mol. The number of hydrogen-bond acceptors (Lipinski definition) is 6. The molecule has 138 valence electrons. The Hall–Kier alpha value is -2.28. The van der Waals surface area contributed by atoms with Crippen LogP contribution in [0.15, 0.2) is 24.3 Å². The Morgan fingerprint density at radius 3 is 2.32 bits per heavy atom. The van der Waals surface area contributed by atoms with Crippen molar-refractivity contribution in [3.63, 3.8) is 0 Å². The fourth-order valence-corrected chi connectivity index (χ4v) is 2.05. The molecule has 0 radical (unpaired) electrons. The van der Waals surface area contributed by atoms with Gasteiger partial charge in [0.1, 0.15) is 11.8 Å². The Labute approximate surface area is 151 Å². The van der Waals surface area contributed by atoms with E-state index in [0.29, 0.717) is 17.2 Å².